The average Bonchev–Trinajstić information content (AvgIpc) is 3.38. The summed E-state index contributed by atoms with van der Waals surface area (Å²) in [5.74, 6) is 0.0408. The van der Waals surface area contributed by atoms with Gasteiger partial charge in [-0.15, -0.1) is 0 Å². The van der Waals surface area contributed by atoms with E-state index in [1.807, 2.05) is 31.2 Å². The minimum atomic E-state index is -0.939. The van der Waals surface area contributed by atoms with Crippen molar-refractivity contribution in [2.75, 3.05) is 38.0 Å². The molecule has 2 aromatic rings. The summed E-state index contributed by atoms with van der Waals surface area (Å²) in [6.07, 6.45) is 6.84. The first-order valence-electron chi connectivity index (χ1n) is 13.4. The number of nitrogens with zero attached hydrogens (tertiary/aromatic N) is 4. The quantitative estimate of drug-likeness (QED) is 0.447. The van der Waals surface area contributed by atoms with Gasteiger partial charge < -0.3 is 26.6 Å². The molecule has 1 aliphatic carbocycles. The SMILES string of the molecule is CCNCc1ccc(-n2ccc(NC(=O)N3CCN(C(=O)C(C)(C)N)CC3)nc2=O)cc1.NC1CCCC1. The van der Waals surface area contributed by atoms with Crippen molar-refractivity contribution in [1.82, 2.24) is 24.7 Å². The van der Waals surface area contributed by atoms with Gasteiger partial charge in [-0.05, 0) is 57.0 Å². The van der Waals surface area contributed by atoms with Gasteiger partial charge in [-0.25, -0.2) is 9.59 Å². The van der Waals surface area contributed by atoms with Gasteiger partial charge in [0.2, 0.25) is 5.91 Å². The summed E-state index contributed by atoms with van der Waals surface area (Å²) in [6.45, 7) is 8.61. The second-order valence-electron chi connectivity index (χ2n) is 10.4. The van der Waals surface area contributed by atoms with Crippen LogP contribution in [0.3, 0.4) is 0 Å². The first-order valence-corrected chi connectivity index (χ1v) is 13.4. The number of hydrogen-bond donors (Lipinski definition) is 4. The van der Waals surface area contributed by atoms with Crippen molar-refractivity contribution in [1.29, 1.82) is 0 Å². The highest BCUT2D eigenvalue weighted by atomic mass is 16.2. The second kappa shape index (κ2) is 13.5. The molecule has 2 heterocycles. The summed E-state index contributed by atoms with van der Waals surface area (Å²) >= 11 is 0. The molecule has 2 fully saturated rings. The van der Waals surface area contributed by atoms with Crippen molar-refractivity contribution in [2.24, 2.45) is 11.5 Å². The number of aromatic nitrogens is 2. The smallest absolute Gasteiger partial charge is 0.338 e. The number of nitrogens with two attached hydrogens (primary N) is 2. The Balaban J connectivity index is 0.000000585. The zero-order valence-electron chi connectivity index (χ0n) is 22.8. The summed E-state index contributed by atoms with van der Waals surface area (Å²) in [4.78, 5) is 44.6. The van der Waals surface area contributed by atoms with E-state index in [0.29, 0.717) is 37.9 Å². The minimum Gasteiger partial charge on any atom is -0.338 e. The van der Waals surface area contributed by atoms with Crippen molar-refractivity contribution >= 4 is 17.8 Å². The zero-order valence-corrected chi connectivity index (χ0v) is 22.8. The number of carbonyl (C=O) groups is 2. The van der Waals surface area contributed by atoms with E-state index in [1.54, 1.807) is 35.9 Å². The molecule has 0 atom stereocenters. The highest BCUT2D eigenvalue weighted by Crippen LogP contribution is 2.15. The Morgan fingerprint density at radius 3 is 2.13 bits per heavy atom. The minimum absolute atomic E-state index is 0.141. The van der Waals surface area contributed by atoms with Gasteiger partial charge in [-0.2, -0.15) is 4.98 Å². The number of urea groups is 1. The third kappa shape index (κ3) is 8.37. The Morgan fingerprint density at radius 1 is 1.03 bits per heavy atom. The van der Waals surface area contributed by atoms with Crippen molar-refractivity contribution in [3.05, 3.63) is 52.6 Å². The lowest BCUT2D eigenvalue weighted by molar-refractivity contribution is -0.137. The number of piperazine rings is 1. The van der Waals surface area contributed by atoms with Crippen LogP contribution in [0.1, 0.15) is 52.0 Å². The monoisotopic (exact) mass is 526 g/mol. The molecule has 11 nitrogen and oxygen atoms in total. The zero-order chi connectivity index (χ0) is 27.7. The molecule has 38 heavy (non-hydrogen) atoms. The number of amides is 3. The molecular weight excluding hydrogens is 484 g/mol. The maximum Gasteiger partial charge on any atom is 0.354 e. The van der Waals surface area contributed by atoms with Crippen LogP contribution < -0.4 is 27.8 Å². The molecule has 208 valence electrons. The largest absolute Gasteiger partial charge is 0.354 e. The average molecular weight is 527 g/mol. The highest BCUT2D eigenvalue weighted by Gasteiger charge is 2.31. The fourth-order valence-electron chi connectivity index (χ4n) is 4.38. The summed E-state index contributed by atoms with van der Waals surface area (Å²) in [7, 11) is 0. The van der Waals surface area contributed by atoms with Crippen LogP contribution in [-0.2, 0) is 11.3 Å². The third-order valence-corrected chi connectivity index (χ3v) is 6.64. The van der Waals surface area contributed by atoms with Crippen molar-refractivity contribution in [3.63, 3.8) is 0 Å². The van der Waals surface area contributed by atoms with Crippen LogP contribution in [0.25, 0.3) is 5.69 Å². The van der Waals surface area contributed by atoms with E-state index < -0.39 is 11.2 Å². The van der Waals surface area contributed by atoms with E-state index in [4.69, 9.17) is 11.5 Å². The van der Waals surface area contributed by atoms with Crippen LogP contribution in [-0.4, -0.2) is 75.6 Å². The number of rotatable bonds is 6. The molecule has 0 spiro atoms. The van der Waals surface area contributed by atoms with E-state index in [-0.39, 0.29) is 17.8 Å². The molecule has 11 heteroatoms. The van der Waals surface area contributed by atoms with Crippen LogP contribution >= 0.6 is 0 Å². The second-order valence-corrected chi connectivity index (χ2v) is 10.4. The number of carbonyl (C=O) groups excluding carboxylic acids is 2. The number of benzene rings is 1. The molecule has 1 aromatic heterocycles. The highest BCUT2D eigenvalue weighted by molar-refractivity contribution is 5.89. The fraction of sp³-hybridized carbons (Fsp3) is 0.556. The Bertz CT molecular complexity index is 1110. The molecule has 3 amide bonds. The summed E-state index contributed by atoms with van der Waals surface area (Å²) < 4.78 is 1.42. The molecule has 6 N–H and O–H groups in total. The molecule has 1 saturated heterocycles. The number of nitrogens with one attached hydrogen (secondary N) is 2. The first kappa shape index (κ1) is 29.3. The van der Waals surface area contributed by atoms with Gasteiger partial charge in [0.25, 0.3) is 0 Å². The maximum absolute atomic E-state index is 12.6. The van der Waals surface area contributed by atoms with Crippen LogP contribution in [0.5, 0.6) is 0 Å². The molecular formula is C27H42N8O3. The van der Waals surface area contributed by atoms with Crippen molar-refractivity contribution in [2.45, 2.75) is 64.6 Å². The Morgan fingerprint density at radius 2 is 1.63 bits per heavy atom. The lowest BCUT2D eigenvalue weighted by Crippen LogP contribution is -2.58. The number of hydrogen-bond acceptors (Lipinski definition) is 7. The molecule has 0 radical (unpaired) electrons. The standard InChI is InChI=1S/C22H31N7O3.C5H11N/c1-4-24-15-16-5-7-17(8-6-16)29-10-9-18(26-21(29)32)25-20(31)28-13-11-27(12-14-28)19(30)22(2,3)23;6-5-3-1-2-4-5/h5-10,24H,4,11-15,23H2,1-3H3,(H,25,26,31,32);5H,1-4,6H2. The van der Waals surface area contributed by atoms with Crippen molar-refractivity contribution in [3.8, 4) is 5.69 Å². The lowest BCUT2D eigenvalue weighted by atomic mass is 10.1. The lowest BCUT2D eigenvalue weighted by Gasteiger charge is -2.37. The van der Waals surface area contributed by atoms with E-state index in [0.717, 1.165) is 18.7 Å². The van der Waals surface area contributed by atoms with Crippen LogP contribution in [0.2, 0.25) is 0 Å². The molecule has 4 rings (SSSR count). The van der Waals surface area contributed by atoms with Gasteiger partial charge in [0.1, 0.15) is 5.82 Å². The molecule has 0 unspecified atom stereocenters. The first-order chi connectivity index (χ1) is 18.1. The molecule has 1 aliphatic heterocycles. The van der Waals surface area contributed by atoms with Gasteiger partial charge in [0.05, 0.1) is 11.2 Å². The fourth-order valence-corrected chi connectivity index (χ4v) is 4.38. The van der Waals surface area contributed by atoms with E-state index in [1.165, 1.54) is 30.3 Å². The predicted octanol–water partition coefficient (Wildman–Crippen LogP) is 1.64. The van der Waals surface area contributed by atoms with Gasteiger partial charge in [0.15, 0.2) is 0 Å². The number of anilines is 1. The van der Waals surface area contributed by atoms with Gasteiger partial charge in [-0.3, -0.25) is 14.7 Å². The Kier molecular flexibility index (Phi) is 10.4. The van der Waals surface area contributed by atoms with Crippen LogP contribution in [0.15, 0.2) is 41.3 Å². The van der Waals surface area contributed by atoms with Gasteiger partial charge in [-0.1, -0.05) is 31.9 Å². The van der Waals surface area contributed by atoms with Crippen LogP contribution in [0, 0.1) is 0 Å². The molecule has 1 saturated carbocycles. The van der Waals surface area contributed by atoms with E-state index >= 15 is 0 Å². The molecule has 0 bridgehead atoms. The van der Waals surface area contributed by atoms with E-state index in [9.17, 15) is 14.4 Å². The molecule has 2 aliphatic rings. The summed E-state index contributed by atoms with van der Waals surface area (Å²) in [6, 6.07) is 9.40. The van der Waals surface area contributed by atoms with Crippen molar-refractivity contribution < 1.29 is 9.59 Å². The van der Waals surface area contributed by atoms with E-state index in [2.05, 4.69) is 15.6 Å². The topological polar surface area (TPSA) is 152 Å². The molecule has 1 aromatic carbocycles. The third-order valence-electron chi connectivity index (χ3n) is 6.64. The summed E-state index contributed by atoms with van der Waals surface area (Å²) in [5.41, 5.74) is 11.8. The normalized spacial score (nSPS) is 16.1. The Labute approximate surface area is 224 Å². The maximum atomic E-state index is 12.6. The van der Waals surface area contributed by atoms with Crippen LogP contribution in [0.4, 0.5) is 10.6 Å². The van der Waals surface area contributed by atoms with Gasteiger partial charge in [0, 0.05) is 45.0 Å². The van der Waals surface area contributed by atoms with Gasteiger partial charge >= 0.3 is 11.7 Å². The predicted molar refractivity (Wildman–Crippen MR) is 149 cm³/mol. The summed E-state index contributed by atoms with van der Waals surface area (Å²) in [5, 5.41) is 5.92. The Hall–Kier alpha value is -3.28.